The molecule has 0 N–H and O–H groups in total. The van der Waals surface area contributed by atoms with E-state index in [1.165, 1.54) is 6.07 Å². The Kier molecular flexibility index (Phi) is 3.79. The molecule has 1 aromatic carbocycles. The van der Waals surface area contributed by atoms with Gasteiger partial charge in [-0.15, -0.1) is 0 Å². The molecular formula is C15H20F4. The Morgan fingerprint density at radius 2 is 1.26 bits per heavy atom. The largest absolute Gasteiger partial charge is 0.416 e. The Morgan fingerprint density at radius 3 is 1.58 bits per heavy atom. The van der Waals surface area contributed by atoms with Gasteiger partial charge in [-0.1, -0.05) is 41.5 Å². The van der Waals surface area contributed by atoms with Crippen LogP contribution in [0.3, 0.4) is 0 Å². The summed E-state index contributed by atoms with van der Waals surface area (Å²) in [6, 6.07) is 2.29. The Hall–Kier alpha value is -1.06. The molecule has 0 radical (unpaired) electrons. The third-order valence-corrected chi connectivity index (χ3v) is 3.01. The van der Waals surface area contributed by atoms with Gasteiger partial charge < -0.3 is 0 Å². The van der Waals surface area contributed by atoms with Gasteiger partial charge in [0.05, 0.1) is 5.56 Å². The second kappa shape index (κ2) is 4.50. The van der Waals surface area contributed by atoms with Crippen LogP contribution < -0.4 is 0 Å². The zero-order valence-corrected chi connectivity index (χ0v) is 12.2. The zero-order chi connectivity index (χ0) is 15.2. The highest BCUT2D eigenvalue weighted by Crippen LogP contribution is 2.41. The summed E-state index contributed by atoms with van der Waals surface area (Å²) in [6.45, 7) is 10.0. The first-order valence-corrected chi connectivity index (χ1v) is 6.16. The number of alkyl halides is 3. The van der Waals surface area contributed by atoms with Gasteiger partial charge in [0.2, 0.25) is 0 Å². The maximum atomic E-state index is 14.2. The van der Waals surface area contributed by atoms with Gasteiger partial charge in [0, 0.05) is 5.56 Å². The van der Waals surface area contributed by atoms with Crippen molar-refractivity contribution in [1.29, 1.82) is 0 Å². The van der Waals surface area contributed by atoms with E-state index in [0.29, 0.717) is 5.56 Å². The minimum Gasteiger partial charge on any atom is -0.207 e. The predicted octanol–water partition coefficient (Wildman–Crippen LogP) is 5.44. The van der Waals surface area contributed by atoms with Gasteiger partial charge in [0.1, 0.15) is 5.82 Å². The molecule has 19 heavy (non-hydrogen) atoms. The highest BCUT2D eigenvalue weighted by Gasteiger charge is 2.39. The summed E-state index contributed by atoms with van der Waals surface area (Å²) in [4.78, 5) is 0. The molecule has 1 aromatic rings. The first-order valence-electron chi connectivity index (χ1n) is 6.16. The summed E-state index contributed by atoms with van der Waals surface area (Å²) >= 11 is 0. The van der Waals surface area contributed by atoms with Gasteiger partial charge >= 0.3 is 6.18 Å². The summed E-state index contributed by atoms with van der Waals surface area (Å²) in [7, 11) is 0. The summed E-state index contributed by atoms with van der Waals surface area (Å²) in [5.41, 5.74) is -2.22. The Balaban J connectivity index is 3.68. The molecule has 1 rings (SSSR count). The molecule has 0 aliphatic carbocycles. The van der Waals surface area contributed by atoms with E-state index < -0.39 is 28.4 Å². The first kappa shape index (κ1) is 16.0. The van der Waals surface area contributed by atoms with Gasteiger partial charge in [-0.05, 0) is 28.5 Å². The van der Waals surface area contributed by atoms with Crippen LogP contribution in [0.1, 0.15) is 58.2 Å². The molecule has 0 heterocycles. The van der Waals surface area contributed by atoms with Crippen molar-refractivity contribution in [2.75, 3.05) is 0 Å². The fraction of sp³-hybridized carbons (Fsp3) is 0.600. The van der Waals surface area contributed by atoms with E-state index in [0.717, 1.165) is 6.07 Å². The van der Waals surface area contributed by atoms with Gasteiger partial charge in [0.15, 0.2) is 0 Å². The van der Waals surface area contributed by atoms with E-state index >= 15 is 0 Å². The molecular weight excluding hydrogens is 256 g/mol. The summed E-state index contributed by atoms with van der Waals surface area (Å²) in [6.07, 6.45) is -4.55. The van der Waals surface area contributed by atoms with Crippen molar-refractivity contribution in [1.82, 2.24) is 0 Å². The molecule has 0 spiro atoms. The number of benzene rings is 1. The molecule has 0 aliphatic rings. The molecule has 0 atom stereocenters. The molecule has 0 saturated carbocycles. The third kappa shape index (κ3) is 3.48. The van der Waals surface area contributed by atoms with Crippen LogP contribution in [0.2, 0.25) is 0 Å². The summed E-state index contributed by atoms with van der Waals surface area (Å²) in [5.74, 6) is -0.785. The number of rotatable bonds is 0. The Labute approximate surface area is 111 Å². The average molecular weight is 276 g/mol. The standard InChI is InChI=1S/C15H20F4/c1-13(2,3)9-7-10(15(17,18)19)12(11(16)8-9)14(4,5)6/h7-8H,1-6H3. The molecule has 0 saturated heterocycles. The van der Waals surface area contributed by atoms with E-state index in [4.69, 9.17) is 0 Å². The van der Waals surface area contributed by atoms with Crippen molar-refractivity contribution in [3.8, 4) is 0 Å². The van der Waals surface area contributed by atoms with Crippen LogP contribution in [-0.4, -0.2) is 0 Å². The highest BCUT2D eigenvalue weighted by molar-refractivity contribution is 5.41. The Bertz CT molecular complexity index is 471. The minimum atomic E-state index is -4.55. The lowest BCUT2D eigenvalue weighted by Gasteiger charge is -2.28. The number of halogens is 4. The van der Waals surface area contributed by atoms with Crippen LogP contribution in [0.4, 0.5) is 17.6 Å². The smallest absolute Gasteiger partial charge is 0.207 e. The van der Waals surface area contributed by atoms with Gasteiger partial charge in [-0.3, -0.25) is 0 Å². The number of hydrogen-bond acceptors (Lipinski definition) is 0. The van der Waals surface area contributed by atoms with Crippen molar-refractivity contribution in [3.05, 3.63) is 34.6 Å². The minimum absolute atomic E-state index is 0.270. The second-order valence-corrected chi connectivity index (χ2v) is 6.88. The third-order valence-electron chi connectivity index (χ3n) is 3.01. The molecule has 0 bridgehead atoms. The molecule has 0 aromatic heterocycles. The highest BCUT2D eigenvalue weighted by atomic mass is 19.4. The van der Waals surface area contributed by atoms with Crippen molar-refractivity contribution in [2.24, 2.45) is 0 Å². The van der Waals surface area contributed by atoms with E-state index in [-0.39, 0.29) is 5.56 Å². The van der Waals surface area contributed by atoms with Gasteiger partial charge in [0.25, 0.3) is 0 Å². The second-order valence-electron chi connectivity index (χ2n) is 6.88. The SMILES string of the molecule is CC(C)(C)c1cc(F)c(C(C)(C)C)c(C(F)(F)F)c1. The maximum Gasteiger partial charge on any atom is 0.416 e. The molecule has 0 fully saturated rings. The normalized spacial score (nSPS) is 13.8. The fourth-order valence-corrected chi connectivity index (χ4v) is 2.03. The average Bonchev–Trinajstić information content (AvgIpc) is 2.11. The van der Waals surface area contributed by atoms with Crippen LogP contribution >= 0.6 is 0 Å². The van der Waals surface area contributed by atoms with E-state index in [9.17, 15) is 17.6 Å². The van der Waals surface area contributed by atoms with E-state index in [2.05, 4.69) is 0 Å². The van der Waals surface area contributed by atoms with Crippen LogP contribution in [0.5, 0.6) is 0 Å². The molecule has 0 amide bonds. The topological polar surface area (TPSA) is 0 Å². The molecule has 108 valence electrons. The first-order chi connectivity index (χ1) is 8.24. The number of hydrogen-bond donors (Lipinski definition) is 0. The van der Waals surface area contributed by atoms with Gasteiger partial charge in [-0.25, -0.2) is 4.39 Å². The quantitative estimate of drug-likeness (QED) is 0.553. The monoisotopic (exact) mass is 276 g/mol. The van der Waals surface area contributed by atoms with E-state index in [1.54, 1.807) is 41.5 Å². The van der Waals surface area contributed by atoms with E-state index in [1.807, 2.05) is 0 Å². The molecule has 0 nitrogen and oxygen atoms in total. The van der Waals surface area contributed by atoms with Crippen molar-refractivity contribution in [3.63, 3.8) is 0 Å². The van der Waals surface area contributed by atoms with Crippen LogP contribution in [0.15, 0.2) is 12.1 Å². The lowest BCUT2D eigenvalue weighted by Crippen LogP contribution is -2.24. The van der Waals surface area contributed by atoms with Gasteiger partial charge in [-0.2, -0.15) is 13.2 Å². The van der Waals surface area contributed by atoms with Crippen molar-refractivity contribution < 1.29 is 17.6 Å². The lowest BCUT2D eigenvalue weighted by molar-refractivity contribution is -0.139. The molecule has 0 aliphatic heterocycles. The van der Waals surface area contributed by atoms with Crippen LogP contribution in [0.25, 0.3) is 0 Å². The predicted molar refractivity (Wildman–Crippen MR) is 68.8 cm³/mol. The molecule has 0 unspecified atom stereocenters. The maximum absolute atomic E-state index is 14.2. The zero-order valence-electron chi connectivity index (χ0n) is 12.2. The van der Waals surface area contributed by atoms with Crippen molar-refractivity contribution >= 4 is 0 Å². The fourth-order valence-electron chi connectivity index (χ4n) is 2.03. The lowest BCUT2D eigenvalue weighted by atomic mass is 9.78. The van der Waals surface area contributed by atoms with Crippen molar-refractivity contribution in [2.45, 2.75) is 58.5 Å². The van der Waals surface area contributed by atoms with Crippen LogP contribution in [-0.2, 0) is 17.0 Å². The summed E-state index contributed by atoms with van der Waals surface area (Å²) in [5, 5.41) is 0. The Morgan fingerprint density at radius 1 is 0.789 bits per heavy atom. The van der Waals surface area contributed by atoms with Crippen LogP contribution in [0, 0.1) is 5.82 Å². The summed E-state index contributed by atoms with van der Waals surface area (Å²) < 4.78 is 53.6. The molecule has 4 heteroatoms.